The Morgan fingerprint density at radius 3 is 2.16 bits per heavy atom. The molecule has 3 aromatic rings. The van der Waals surface area contributed by atoms with Crippen molar-refractivity contribution >= 4 is 27.8 Å². The fourth-order valence-corrected chi connectivity index (χ4v) is 7.10. The van der Waals surface area contributed by atoms with E-state index in [0.717, 1.165) is 56.4 Å². The number of carbonyl (C=O) groups excluding carboxylic acids is 1. The molecule has 6 rings (SSSR count). The molecule has 0 aromatic heterocycles. The smallest absolute Gasteiger partial charge is 0.321 e. The third-order valence-corrected chi connectivity index (χ3v) is 9.78. The highest BCUT2D eigenvalue weighted by Crippen LogP contribution is 2.38. The molecule has 3 saturated heterocycles. The minimum atomic E-state index is -4.24. The Kier molecular flexibility index (Phi) is 8.93. The van der Waals surface area contributed by atoms with Crippen LogP contribution in [0, 0.1) is 0 Å². The second-order valence-electron chi connectivity index (χ2n) is 11.5. The van der Waals surface area contributed by atoms with Gasteiger partial charge in [0.15, 0.2) is 0 Å². The molecule has 0 radical (unpaired) electrons. The predicted octanol–water partition coefficient (Wildman–Crippen LogP) is 6.00. The van der Waals surface area contributed by atoms with Gasteiger partial charge in [-0.15, -0.1) is 0 Å². The van der Waals surface area contributed by atoms with E-state index in [0.29, 0.717) is 36.3 Å². The molecule has 3 fully saturated rings. The largest absolute Gasteiger partial charge is 0.457 e. The molecule has 3 aliphatic heterocycles. The third kappa shape index (κ3) is 6.99. The standard InChI is InChI=1S/C32H36ClN3O6S/c33-25-3-1-2-24(20-25)31-22-35(26-14-18-41-19-15-26)32(37)36(31)27-12-16-34(17-13-27)21-23-4-6-28(7-5-23)42-29-8-10-30(11-9-29)43(38,39)40/h1-11,20,26-27,31H,12-19,21-22H2,(H,38,39,40). The number of halogens is 1. The van der Waals surface area contributed by atoms with E-state index in [1.54, 1.807) is 0 Å². The minimum absolute atomic E-state index is 0.0117. The first-order valence-corrected chi connectivity index (χ1v) is 16.6. The Morgan fingerprint density at radius 2 is 1.53 bits per heavy atom. The summed E-state index contributed by atoms with van der Waals surface area (Å²) in [7, 11) is -4.24. The van der Waals surface area contributed by atoms with Crippen LogP contribution in [0.15, 0.2) is 77.7 Å². The first kappa shape index (κ1) is 29.9. The van der Waals surface area contributed by atoms with Gasteiger partial charge in [0.1, 0.15) is 11.5 Å². The Balaban J connectivity index is 1.07. The van der Waals surface area contributed by atoms with Gasteiger partial charge < -0.3 is 19.3 Å². The molecule has 1 atom stereocenters. The van der Waals surface area contributed by atoms with Crippen molar-refractivity contribution in [3.8, 4) is 11.5 Å². The van der Waals surface area contributed by atoms with E-state index >= 15 is 0 Å². The minimum Gasteiger partial charge on any atom is -0.457 e. The van der Waals surface area contributed by atoms with Gasteiger partial charge in [0.05, 0.1) is 10.9 Å². The normalized spacial score (nSPS) is 21.0. The number of urea groups is 1. The van der Waals surface area contributed by atoms with Crippen molar-refractivity contribution in [2.24, 2.45) is 0 Å². The number of hydrogen-bond donors (Lipinski definition) is 1. The van der Waals surface area contributed by atoms with Crippen LogP contribution in [0.4, 0.5) is 4.79 Å². The molecule has 1 N–H and O–H groups in total. The van der Waals surface area contributed by atoms with Crippen molar-refractivity contribution in [1.29, 1.82) is 0 Å². The van der Waals surface area contributed by atoms with Gasteiger partial charge in [-0.05, 0) is 85.3 Å². The van der Waals surface area contributed by atoms with E-state index in [4.69, 9.17) is 25.6 Å². The summed E-state index contributed by atoms with van der Waals surface area (Å²) in [6.45, 7) is 4.68. The van der Waals surface area contributed by atoms with Gasteiger partial charge in [-0.3, -0.25) is 9.45 Å². The van der Waals surface area contributed by atoms with Crippen molar-refractivity contribution in [3.05, 3.63) is 88.9 Å². The van der Waals surface area contributed by atoms with Gasteiger partial charge >= 0.3 is 6.03 Å². The molecule has 43 heavy (non-hydrogen) atoms. The van der Waals surface area contributed by atoms with E-state index in [1.165, 1.54) is 24.3 Å². The van der Waals surface area contributed by atoms with Crippen LogP contribution in [0.25, 0.3) is 0 Å². The van der Waals surface area contributed by atoms with Crippen LogP contribution in [-0.4, -0.2) is 78.6 Å². The molecule has 228 valence electrons. The van der Waals surface area contributed by atoms with E-state index in [-0.39, 0.29) is 29.1 Å². The summed E-state index contributed by atoms with van der Waals surface area (Å²) in [6, 6.07) is 21.9. The summed E-state index contributed by atoms with van der Waals surface area (Å²) in [5.74, 6) is 1.11. The summed E-state index contributed by atoms with van der Waals surface area (Å²) in [5.41, 5.74) is 2.25. The van der Waals surface area contributed by atoms with Crippen LogP contribution in [0.1, 0.15) is 42.9 Å². The van der Waals surface area contributed by atoms with Gasteiger partial charge in [-0.2, -0.15) is 8.42 Å². The summed E-state index contributed by atoms with van der Waals surface area (Å²) in [4.78, 5) is 20.3. The summed E-state index contributed by atoms with van der Waals surface area (Å²) >= 11 is 6.37. The Morgan fingerprint density at radius 1 is 0.884 bits per heavy atom. The van der Waals surface area contributed by atoms with Crippen molar-refractivity contribution < 1.29 is 27.2 Å². The number of carbonyl (C=O) groups is 1. The highest BCUT2D eigenvalue weighted by Gasteiger charge is 2.45. The van der Waals surface area contributed by atoms with Crippen molar-refractivity contribution in [1.82, 2.24) is 14.7 Å². The molecule has 0 spiro atoms. The van der Waals surface area contributed by atoms with E-state index < -0.39 is 10.1 Å². The highest BCUT2D eigenvalue weighted by atomic mass is 35.5. The average molecular weight is 626 g/mol. The number of rotatable bonds is 8. The molecule has 11 heteroatoms. The number of ether oxygens (including phenoxy) is 2. The Hall–Kier alpha value is -3.15. The lowest BCUT2D eigenvalue weighted by molar-refractivity contribution is 0.0493. The topological polar surface area (TPSA) is 99.6 Å². The van der Waals surface area contributed by atoms with E-state index in [1.807, 2.05) is 42.5 Å². The van der Waals surface area contributed by atoms with Crippen molar-refractivity contribution in [3.63, 3.8) is 0 Å². The van der Waals surface area contributed by atoms with Crippen LogP contribution in [0.3, 0.4) is 0 Å². The monoisotopic (exact) mass is 625 g/mol. The maximum Gasteiger partial charge on any atom is 0.321 e. The number of likely N-dealkylation sites (tertiary alicyclic amines) is 1. The summed E-state index contributed by atoms with van der Waals surface area (Å²) in [6.07, 6.45) is 3.57. The molecule has 1 unspecified atom stereocenters. The van der Waals surface area contributed by atoms with E-state index in [9.17, 15) is 13.2 Å². The second-order valence-corrected chi connectivity index (χ2v) is 13.3. The van der Waals surface area contributed by atoms with Gasteiger partial charge in [0, 0.05) is 56.5 Å². The number of hydrogen-bond acceptors (Lipinski definition) is 6. The third-order valence-electron chi connectivity index (χ3n) is 8.67. The molecule has 0 bridgehead atoms. The number of nitrogens with zero attached hydrogens (tertiary/aromatic N) is 3. The zero-order chi connectivity index (χ0) is 30.0. The molecule has 2 amide bonds. The summed E-state index contributed by atoms with van der Waals surface area (Å²) < 4.78 is 43.0. The molecule has 0 aliphatic carbocycles. The quantitative estimate of drug-likeness (QED) is 0.307. The van der Waals surface area contributed by atoms with Crippen LogP contribution in [0.5, 0.6) is 11.5 Å². The highest BCUT2D eigenvalue weighted by molar-refractivity contribution is 7.85. The maximum atomic E-state index is 13.9. The molecule has 3 heterocycles. The fraction of sp³-hybridized carbons (Fsp3) is 0.406. The Labute approximate surface area is 257 Å². The molecular weight excluding hydrogens is 590 g/mol. The first-order chi connectivity index (χ1) is 20.7. The lowest BCUT2D eigenvalue weighted by Crippen LogP contribution is -2.48. The lowest BCUT2D eigenvalue weighted by atomic mass is 9.98. The predicted molar refractivity (Wildman–Crippen MR) is 163 cm³/mol. The van der Waals surface area contributed by atoms with Gasteiger partial charge in [0.25, 0.3) is 10.1 Å². The fourth-order valence-electron chi connectivity index (χ4n) is 6.42. The molecule has 0 saturated carbocycles. The SMILES string of the molecule is O=C1N(C2CCOCC2)CC(c2cccc(Cl)c2)N1C1CCN(Cc2ccc(Oc3ccc(S(=O)(=O)O)cc3)cc2)CC1. The van der Waals surface area contributed by atoms with Crippen LogP contribution in [0.2, 0.25) is 5.02 Å². The van der Waals surface area contributed by atoms with Crippen molar-refractivity contribution in [2.75, 3.05) is 32.8 Å². The zero-order valence-corrected chi connectivity index (χ0v) is 25.4. The molecular formula is C32H36ClN3O6S. The molecule has 3 aliphatic rings. The van der Waals surface area contributed by atoms with Gasteiger partial charge in [-0.1, -0.05) is 35.9 Å². The van der Waals surface area contributed by atoms with Gasteiger partial charge in [-0.25, -0.2) is 4.79 Å². The molecule has 9 nitrogen and oxygen atoms in total. The van der Waals surface area contributed by atoms with Gasteiger partial charge in [0.2, 0.25) is 0 Å². The van der Waals surface area contributed by atoms with Crippen LogP contribution < -0.4 is 4.74 Å². The summed E-state index contributed by atoms with van der Waals surface area (Å²) in [5, 5.41) is 0.690. The number of piperidine rings is 1. The second kappa shape index (κ2) is 12.8. The van der Waals surface area contributed by atoms with Crippen molar-refractivity contribution in [2.45, 2.75) is 55.2 Å². The first-order valence-electron chi connectivity index (χ1n) is 14.7. The van der Waals surface area contributed by atoms with Crippen LogP contribution in [-0.2, 0) is 21.4 Å². The van der Waals surface area contributed by atoms with Crippen LogP contribution >= 0.6 is 11.6 Å². The van der Waals surface area contributed by atoms with E-state index in [2.05, 4.69) is 20.8 Å². The lowest BCUT2D eigenvalue weighted by Gasteiger charge is -2.39. The maximum absolute atomic E-state index is 13.9. The average Bonchev–Trinajstić information content (AvgIpc) is 3.36. The molecule has 3 aromatic carbocycles. The Bertz CT molecular complexity index is 1520. The number of benzene rings is 3. The zero-order valence-electron chi connectivity index (χ0n) is 23.8. The number of amides is 2.